The summed E-state index contributed by atoms with van der Waals surface area (Å²) in [4.78, 5) is 18.4. The number of likely N-dealkylation sites (tertiary alicyclic amines) is 1. The molecule has 2 aliphatic rings. The number of nitrogens with one attached hydrogen (secondary N) is 1. The highest BCUT2D eigenvalue weighted by Crippen LogP contribution is 2.32. The molecular weight excluding hydrogens is 238 g/mol. The number of pyridine rings is 1. The zero-order chi connectivity index (χ0) is 13.2. The number of anilines is 1. The lowest BCUT2D eigenvalue weighted by molar-refractivity contribution is -0.127. The predicted molar refractivity (Wildman–Crippen MR) is 75.1 cm³/mol. The molecular formula is C15H21N3O. The first kappa shape index (κ1) is 12.5. The third-order valence-electron chi connectivity index (χ3n) is 4.23. The van der Waals surface area contributed by atoms with Gasteiger partial charge in [0.1, 0.15) is 5.82 Å². The summed E-state index contributed by atoms with van der Waals surface area (Å²) in [6, 6.07) is 4.10. The van der Waals surface area contributed by atoms with Gasteiger partial charge in [-0.3, -0.25) is 4.79 Å². The van der Waals surface area contributed by atoms with Crippen LogP contribution >= 0.6 is 0 Å². The van der Waals surface area contributed by atoms with Gasteiger partial charge in [0.15, 0.2) is 0 Å². The number of rotatable bonds is 4. The van der Waals surface area contributed by atoms with Crippen molar-refractivity contribution in [3.05, 3.63) is 23.9 Å². The van der Waals surface area contributed by atoms with Gasteiger partial charge < -0.3 is 10.2 Å². The molecule has 0 radical (unpaired) electrons. The first-order valence-corrected chi connectivity index (χ1v) is 7.24. The Labute approximate surface area is 114 Å². The average Bonchev–Trinajstić information content (AvgIpc) is 2.96. The van der Waals surface area contributed by atoms with Crippen LogP contribution in [-0.4, -0.2) is 35.4 Å². The maximum Gasteiger partial charge on any atom is 0.222 e. The summed E-state index contributed by atoms with van der Waals surface area (Å²) in [7, 11) is 0. The van der Waals surface area contributed by atoms with E-state index < -0.39 is 0 Å². The Kier molecular flexibility index (Phi) is 3.40. The number of hydrogen-bond donors (Lipinski definition) is 1. The number of carbonyl (C=O) groups excluding carboxylic acids is 1. The number of nitrogens with zero attached hydrogens (tertiary/aromatic N) is 2. The van der Waals surface area contributed by atoms with Gasteiger partial charge in [-0.15, -0.1) is 0 Å². The van der Waals surface area contributed by atoms with E-state index >= 15 is 0 Å². The van der Waals surface area contributed by atoms with E-state index in [1.54, 1.807) is 0 Å². The van der Waals surface area contributed by atoms with E-state index in [0.29, 0.717) is 17.7 Å². The molecule has 0 spiro atoms. The fraction of sp³-hybridized carbons (Fsp3) is 0.600. The minimum Gasteiger partial charge on any atom is -0.369 e. The van der Waals surface area contributed by atoms with Crippen molar-refractivity contribution >= 4 is 11.7 Å². The number of hydrogen-bond acceptors (Lipinski definition) is 3. The molecule has 1 aromatic heterocycles. The molecule has 0 aliphatic carbocycles. The van der Waals surface area contributed by atoms with Gasteiger partial charge in [0.05, 0.1) is 0 Å². The van der Waals surface area contributed by atoms with E-state index in [-0.39, 0.29) is 0 Å². The van der Waals surface area contributed by atoms with Crippen LogP contribution in [0.1, 0.15) is 37.7 Å². The predicted octanol–water partition coefficient (Wildman–Crippen LogP) is 2.24. The molecule has 1 fully saturated rings. The van der Waals surface area contributed by atoms with Crippen LogP contribution in [0.25, 0.3) is 0 Å². The molecule has 19 heavy (non-hydrogen) atoms. The first-order chi connectivity index (χ1) is 9.28. The Hall–Kier alpha value is -1.58. The Balaban J connectivity index is 1.65. The lowest BCUT2D eigenvalue weighted by atomic mass is 10.0. The van der Waals surface area contributed by atoms with Gasteiger partial charge in [0.2, 0.25) is 5.91 Å². The maximum atomic E-state index is 12.0. The largest absolute Gasteiger partial charge is 0.369 e. The van der Waals surface area contributed by atoms with Crippen molar-refractivity contribution in [2.24, 2.45) is 5.92 Å². The van der Waals surface area contributed by atoms with Crippen molar-refractivity contribution in [3.8, 4) is 0 Å². The standard InChI is InChI=1S/C15H21N3O/c1-2-4-11-7-14(19)18(9-11)10-12-8-17-15-13(12)5-3-6-16-15/h3,5-6,11-12H,2,4,7-10H2,1H3,(H,16,17). The SMILES string of the molecule is CCCC1CC(=O)N(CC2CNc3ncccc32)C1. The van der Waals surface area contributed by atoms with E-state index in [2.05, 4.69) is 28.2 Å². The second-order valence-corrected chi connectivity index (χ2v) is 5.68. The summed E-state index contributed by atoms with van der Waals surface area (Å²) in [5.41, 5.74) is 1.26. The second-order valence-electron chi connectivity index (χ2n) is 5.68. The van der Waals surface area contributed by atoms with Crippen LogP contribution in [0, 0.1) is 5.92 Å². The van der Waals surface area contributed by atoms with Crippen molar-refractivity contribution in [1.82, 2.24) is 9.88 Å². The minimum absolute atomic E-state index is 0.329. The Morgan fingerprint density at radius 1 is 1.53 bits per heavy atom. The third kappa shape index (κ3) is 2.44. The molecule has 0 aromatic carbocycles. The highest BCUT2D eigenvalue weighted by atomic mass is 16.2. The van der Waals surface area contributed by atoms with Crippen molar-refractivity contribution in [2.45, 2.75) is 32.1 Å². The third-order valence-corrected chi connectivity index (χ3v) is 4.23. The average molecular weight is 259 g/mol. The Morgan fingerprint density at radius 3 is 3.26 bits per heavy atom. The van der Waals surface area contributed by atoms with E-state index in [1.165, 1.54) is 18.4 Å². The van der Waals surface area contributed by atoms with Gasteiger partial charge in [0.25, 0.3) is 0 Å². The zero-order valence-corrected chi connectivity index (χ0v) is 11.4. The van der Waals surface area contributed by atoms with Crippen LogP contribution in [0.4, 0.5) is 5.82 Å². The number of carbonyl (C=O) groups is 1. The van der Waals surface area contributed by atoms with Crippen molar-refractivity contribution in [2.75, 3.05) is 25.0 Å². The second kappa shape index (κ2) is 5.19. The lowest BCUT2D eigenvalue weighted by Crippen LogP contribution is -2.30. The molecule has 2 unspecified atom stereocenters. The molecule has 2 aliphatic heterocycles. The zero-order valence-electron chi connectivity index (χ0n) is 11.4. The topological polar surface area (TPSA) is 45.2 Å². The minimum atomic E-state index is 0.329. The number of amides is 1. The van der Waals surface area contributed by atoms with Gasteiger partial charge in [-0.1, -0.05) is 19.4 Å². The molecule has 1 aromatic rings. The molecule has 4 heteroatoms. The Bertz CT molecular complexity index is 474. The van der Waals surface area contributed by atoms with Crippen LogP contribution in [0.5, 0.6) is 0 Å². The molecule has 1 N–H and O–H groups in total. The van der Waals surface area contributed by atoms with Crippen molar-refractivity contribution in [3.63, 3.8) is 0 Å². The first-order valence-electron chi connectivity index (χ1n) is 7.24. The summed E-state index contributed by atoms with van der Waals surface area (Å²) >= 11 is 0. The fourth-order valence-electron chi connectivity index (χ4n) is 3.29. The quantitative estimate of drug-likeness (QED) is 0.902. The van der Waals surface area contributed by atoms with E-state index in [4.69, 9.17) is 0 Å². The summed E-state index contributed by atoms with van der Waals surface area (Å²) in [5.74, 6) is 2.29. The van der Waals surface area contributed by atoms with Gasteiger partial charge in [0, 0.05) is 43.7 Å². The normalized spacial score (nSPS) is 25.5. The molecule has 3 heterocycles. The maximum absolute atomic E-state index is 12.0. The molecule has 0 saturated carbocycles. The fourth-order valence-corrected chi connectivity index (χ4v) is 3.29. The highest BCUT2D eigenvalue weighted by molar-refractivity contribution is 5.78. The van der Waals surface area contributed by atoms with E-state index in [1.807, 2.05) is 12.3 Å². The van der Waals surface area contributed by atoms with Crippen molar-refractivity contribution in [1.29, 1.82) is 0 Å². The molecule has 3 rings (SSSR count). The van der Waals surface area contributed by atoms with Crippen LogP contribution in [0.2, 0.25) is 0 Å². The summed E-state index contributed by atoms with van der Waals surface area (Å²) in [6.07, 6.45) is 4.90. The Morgan fingerprint density at radius 2 is 2.42 bits per heavy atom. The number of fused-ring (bicyclic) bond motifs is 1. The van der Waals surface area contributed by atoms with Gasteiger partial charge in [-0.2, -0.15) is 0 Å². The highest BCUT2D eigenvalue weighted by Gasteiger charge is 2.32. The van der Waals surface area contributed by atoms with Crippen LogP contribution in [0.3, 0.4) is 0 Å². The summed E-state index contributed by atoms with van der Waals surface area (Å²) < 4.78 is 0. The summed E-state index contributed by atoms with van der Waals surface area (Å²) in [6.45, 7) is 4.87. The van der Waals surface area contributed by atoms with Crippen LogP contribution < -0.4 is 5.32 Å². The van der Waals surface area contributed by atoms with Crippen LogP contribution in [0.15, 0.2) is 18.3 Å². The molecule has 1 amide bonds. The van der Waals surface area contributed by atoms with Gasteiger partial charge in [-0.05, 0) is 18.4 Å². The number of aromatic nitrogens is 1. The smallest absolute Gasteiger partial charge is 0.222 e. The van der Waals surface area contributed by atoms with Crippen LogP contribution in [-0.2, 0) is 4.79 Å². The van der Waals surface area contributed by atoms with Crippen molar-refractivity contribution < 1.29 is 4.79 Å². The monoisotopic (exact) mass is 259 g/mol. The summed E-state index contributed by atoms with van der Waals surface area (Å²) in [5, 5.41) is 3.33. The molecule has 102 valence electrons. The van der Waals surface area contributed by atoms with E-state index in [0.717, 1.165) is 31.9 Å². The van der Waals surface area contributed by atoms with Gasteiger partial charge >= 0.3 is 0 Å². The molecule has 2 atom stereocenters. The lowest BCUT2D eigenvalue weighted by Gasteiger charge is -2.21. The molecule has 4 nitrogen and oxygen atoms in total. The van der Waals surface area contributed by atoms with E-state index in [9.17, 15) is 4.79 Å². The molecule has 0 bridgehead atoms. The molecule has 1 saturated heterocycles. The van der Waals surface area contributed by atoms with Gasteiger partial charge in [-0.25, -0.2) is 4.98 Å².